The van der Waals surface area contributed by atoms with Gasteiger partial charge in [0, 0.05) is 19.1 Å². The van der Waals surface area contributed by atoms with Crippen molar-refractivity contribution < 1.29 is 27.7 Å². The van der Waals surface area contributed by atoms with Crippen LogP contribution in [0.4, 0.5) is 8.78 Å². The molecule has 0 saturated carbocycles. The fraction of sp³-hybridized carbons (Fsp3) is 0.571. The highest BCUT2D eigenvalue weighted by Gasteiger charge is 2.44. The minimum absolute atomic E-state index is 0.00474. The number of hydrogen-bond donors (Lipinski definition) is 0. The van der Waals surface area contributed by atoms with Crippen molar-refractivity contribution >= 4 is 0 Å². The molecule has 0 spiro atoms. The molecule has 4 atom stereocenters. The largest absolute Gasteiger partial charge is 0.376 e. The van der Waals surface area contributed by atoms with Gasteiger partial charge in [0.2, 0.25) is 0 Å². The highest BCUT2D eigenvalue weighted by Crippen LogP contribution is 2.31. The number of halogens is 2. The first kappa shape index (κ1) is 13.9. The third-order valence-electron chi connectivity index (χ3n) is 3.68. The molecular formula is C14H16F2O4. The summed E-state index contributed by atoms with van der Waals surface area (Å²) in [4.78, 5) is 0. The molecule has 1 aromatic carbocycles. The van der Waals surface area contributed by atoms with E-state index in [-0.39, 0.29) is 36.8 Å². The van der Waals surface area contributed by atoms with Crippen LogP contribution in [0.15, 0.2) is 18.2 Å². The number of benzene rings is 1. The van der Waals surface area contributed by atoms with Crippen molar-refractivity contribution in [1.29, 1.82) is 0 Å². The van der Waals surface area contributed by atoms with Crippen LogP contribution in [0.5, 0.6) is 0 Å². The van der Waals surface area contributed by atoms with Crippen molar-refractivity contribution in [2.24, 2.45) is 0 Å². The molecule has 2 saturated heterocycles. The Labute approximate surface area is 115 Å². The van der Waals surface area contributed by atoms with Crippen LogP contribution in [0, 0.1) is 11.6 Å². The number of hydrogen-bond acceptors (Lipinski definition) is 4. The van der Waals surface area contributed by atoms with Gasteiger partial charge in [-0.15, -0.1) is 0 Å². The highest BCUT2D eigenvalue weighted by molar-refractivity contribution is 5.17. The van der Waals surface area contributed by atoms with E-state index in [9.17, 15) is 8.78 Å². The van der Waals surface area contributed by atoms with E-state index in [2.05, 4.69) is 0 Å². The summed E-state index contributed by atoms with van der Waals surface area (Å²) < 4.78 is 48.6. The molecule has 3 rings (SSSR count). The lowest BCUT2D eigenvalue weighted by Crippen LogP contribution is -2.44. The maximum atomic E-state index is 13.5. The SMILES string of the molecule is CO[C@@H]1C[C@H](OCc2cc(F)ccc2F)[C@H]2CO[C@@H]1O2. The second kappa shape index (κ2) is 5.73. The Bertz CT molecular complexity index is 482. The van der Waals surface area contributed by atoms with Crippen molar-refractivity contribution in [3.63, 3.8) is 0 Å². The molecule has 2 aliphatic heterocycles. The van der Waals surface area contributed by atoms with Crippen LogP contribution in [0.1, 0.15) is 12.0 Å². The van der Waals surface area contributed by atoms with Gasteiger partial charge >= 0.3 is 0 Å². The van der Waals surface area contributed by atoms with E-state index in [1.165, 1.54) is 0 Å². The maximum Gasteiger partial charge on any atom is 0.184 e. The van der Waals surface area contributed by atoms with Crippen molar-refractivity contribution in [3.8, 4) is 0 Å². The smallest absolute Gasteiger partial charge is 0.184 e. The van der Waals surface area contributed by atoms with Gasteiger partial charge in [-0.2, -0.15) is 0 Å². The van der Waals surface area contributed by atoms with E-state index in [0.29, 0.717) is 13.0 Å². The molecular weight excluding hydrogens is 270 g/mol. The minimum Gasteiger partial charge on any atom is -0.376 e. The molecule has 0 unspecified atom stereocenters. The molecule has 2 fully saturated rings. The molecule has 0 aliphatic carbocycles. The van der Waals surface area contributed by atoms with E-state index in [4.69, 9.17) is 18.9 Å². The van der Waals surface area contributed by atoms with Gasteiger partial charge in [-0.25, -0.2) is 8.78 Å². The summed E-state index contributed by atoms with van der Waals surface area (Å²) in [6.07, 6.45) is -0.362. The molecule has 4 nitrogen and oxygen atoms in total. The first-order chi connectivity index (χ1) is 9.67. The summed E-state index contributed by atoms with van der Waals surface area (Å²) >= 11 is 0. The van der Waals surface area contributed by atoms with Crippen LogP contribution in [-0.2, 0) is 25.6 Å². The van der Waals surface area contributed by atoms with Crippen LogP contribution >= 0.6 is 0 Å². The summed E-state index contributed by atoms with van der Waals surface area (Å²) in [7, 11) is 1.58. The van der Waals surface area contributed by atoms with Crippen molar-refractivity contribution in [2.75, 3.05) is 13.7 Å². The lowest BCUT2D eigenvalue weighted by molar-refractivity contribution is -0.201. The molecule has 6 heteroatoms. The third kappa shape index (κ3) is 2.69. The summed E-state index contributed by atoms with van der Waals surface area (Å²) in [6, 6.07) is 3.32. The summed E-state index contributed by atoms with van der Waals surface area (Å²) in [5, 5.41) is 0. The molecule has 20 heavy (non-hydrogen) atoms. The molecule has 2 aliphatic rings. The van der Waals surface area contributed by atoms with Gasteiger partial charge in [0.15, 0.2) is 6.29 Å². The Hall–Kier alpha value is -1.08. The van der Waals surface area contributed by atoms with Crippen molar-refractivity contribution in [1.82, 2.24) is 0 Å². The van der Waals surface area contributed by atoms with E-state index >= 15 is 0 Å². The number of rotatable bonds is 4. The normalized spacial score (nSPS) is 32.5. The van der Waals surface area contributed by atoms with Crippen LogP contribution in [-0.4, -0.2) is 38.3 Å². The van der Waals surface area contributed by atoms with Gasteiger partial charge in [-0.3, -0.25) is 0 Å². The zero-order chi connectivity index (χ0) is 14.1. The molecule has 110 valence electrons. The molecule has 2 bridgehead atoms. The predicted octanol–water partition coefficient (Wildman–Crippen LogP) is 2.01. The summed E-state index contributed by atoms with van der Waals surface area (Å²) in [5.41, 5.74) is 0.194. The third-order valence-corrected chi connectivity index (χ3v) is 3.68. The van der Waals surface area contributed by atoms with Gasteiger partial charge in [0.05, 0.1) is 19.3 Å². The van der Waals surface area contributed by atoms with E-state index < -0.39 is 11.6 Å². The molecule has 2 heterocycles. The fourth-order valence-corrected chi connectivity index (χ4v) is 2.56. The predicted molar refractivity (Wildman–Crippen MR) is 65.0 cm³/mol. The fourth-order valence-electron chi connectivity index (χ4n) is 2.56. The lowest BCUT2D eigenvalue weighted by Gasteiger charge is -2.32. The van der Waals surface area contributed by atoms with Crippen LogP contribution in [0.25, 0.3) is 0 Å². The van der Waals surface area contributed by atoms with Gasteiger partial charge in [0.1, 0.15) is 23.8 Å². The van der Waals surface area contributed by atoms with E-state index in [1.807, 2.05) is 0 Å². The molecule has 0 N–H and O–H groups in total. The standard InChI is InChI=1S/C14H16F2O4/c1-17-12-5-11(13-7-19-14(12)20-13)18-6-8-4-9(15)2-3-10(8)16/h2-4,11-14H,5-7H2,1H3/t11-,12+,13+,14+/m0/s1. The van der Waals surface area contributed by atoms with Crippen LogP contribution in [0.3, 0.4) is 0 Å². The second-order valence-corrected chi connectivity index (χ2v) is 4.97. The molecule has 0 amide bonds. The quantitative estimate of drug-likeness (QED) is 0.848. The zero-order valence-electron chi connectivity index (χ0n) is 11.1. The van der Waals surface area contributed by atoms with Gasteiger partial charge < -0.3 is 18.9 Å². The Morgan fingerprint density at radius 3 is 2.95 bits per heavy atom. The average Bonchev–Trinajstić information content (AvgIpc) is 2.86. The lowest BCUT2D eigenvalue weighted by atomic mass is 10.0. The Balaban J connectivity index is 1.64. The maximum absolute atomic E-state index is 13.5. The van der Waals surface area contributed by atoms with Crippen molar-refractivity contribution in [2.45, 2.75) is 37.6 Å². The first-order valence-electron chi connectivity index (χ1n) is 6.53. The van der Waals surface area contributed by atoms with Crippen molar-refractivity contribution in [3.05, 3.63) is 35.4 Å². The van der Waals surface area contributed by atoms with Gasteiger partial charge in [-0.05, 0) is 18.2 Å². The van der Waals surface area contributed by atoms with E-state index in [1.54, 1.807) is 7.11 Å². The minimum atomic E-state index is -0.482. The number of methoxy groups -OCH3 is 1. The van der Waals surface area contributed by atoms with Crippen LogP contribution in [0.2, 0.25) is 0 Å². The van der Waals surface area contributed by atoms with Gasteiger partial charge in [-0.1, -0.05) is 0 Å². The Morgan fingerprint density at radius 1 is 1.30 bits per heavy atom. The number of fused-ring (bicyclic) bond motifs is 2. The Morgan fingerprint density at radius 2 is 2.15 bits per heavy atom. The highest BCUT2D eigenvalue weighted by atomic mass is 19.1. The zero-order valence-corrected chi connectivity index (χ0v) is 11.1. The summed E-state index contributed by atoms with van der Waals surface area (Å²) in [5.74, 6) is -0.962. The second-order valence-electron chi connectivity index (χ2n) is 4.97. The number of ether oxygens (including phenoxy) is 4. The first-order valence-corrected chi connectivity index (χ1v) is 6.53. The van der Waals surface area contributed by atoms with Crippen LogP contribution < -0.4 is 0 Å². The Kier molecular flexibility index (Phi) is 3.98. The average molecular weight is 286 g/mol. The molecule has 0 radical (unpaired) electrons. The van der Waals surface area contributed by atoms with Gasteiger partial charge in [0.25, 0.3) is 0 Å². The molecule has 0 aromatic heterocycles. The summed E-state index contributed by atoms with van der Waals surface area (Å²) in [6.45, 7) is 0.427. The molecule has 1 aromatic rings. The monoisotopic (exact) mass is 286 g/mol. The topological polar surface area (TPSA) is 36.9 Å². The van der Waals surface area contributed by atoms with E-state index in [0.717, 1.165) is 18.2 Å².